The van der Waals surface area contributed by atoms with Gasteiger partial charge in [0.15, 0.2) is 11.5 Å². The van der Waals surface area contributed by atoms with Crippen LogP contribution in [0.2, 0.25) is 0 Å². The highest BCUT2D eigenvalue weighted by atomic mass is 16.6. The van der Waals surface area contributed by atoms with E-state index in [0.717, 1.165) is 24.8 Å². The quantitative estimate of drug-likeness (QED) is 0.660. The van der Waals surface area contributed by atoms with E-state index in [4.69, 9.17) is 9.47 Å². The highest BCUT2D eigenvalue weighted by molar-refractivity contribution is 5.40. The molecule has 1 N–H and O–H groups in total. The van der Waals surface area contributed by atoms with Gasteiger partial charge in [0.05, 0.1) is 12.7 Å². The Bertz CT molecular complexity index is 365. The molecule has 0 saturated carbocycles. The van der Waals surface area contributed by atoms with E-state index in [1.165, 1.54) is 0 Å². The molecule has 1 fully saturated rings. The number of ether oxygens (including phenoxy) is 2. The summed E-state index contributed by atoms with van der Waals surface area (Å²) in [4.78, 5) is 0. The van der Waals surface area contributed by atoms with Gasteiger partial charge in [-0.2, -0.15) is 0 Å². The molecule has 1 aliphatic carbocycles. The van der Waals surface area contributed by atoms with Crippen LogP contribution in [-0.2, 0) is 9.47 Å². The van der Waals surface area contributed by atoms with Crippen LogP contribution in [0.1, 0.15) is 19.3 Å². The molecule has 0 aromatic carbocycles. The normalized spacial score (nSPS) is 34.0. The first kappa shape index (κ1) is 9.04. The predicted molar refractivity (Wildman–Crippen MR) is 55.3 cm³/mol. The van der Waals surface area contributed by atoms with Crippen LogP contribution in [0.25, 0.3) is 0 Å². The standard InChI is InChI=1S/C12H14O3/c13-11-8-4-1-2-5-9(8)15-10-6-3-7-14-12(10)11/h1-2,4,9-10,13H,3,5-7H2. The van der Waals surface area contributed by atoms with Crippen LogP contribution in [0.3, 0.4) is 0 Å². The Kier molecular flexibility index (Phi) is 2.06. The number of aliphatic hydroxyl groups is 1. The van der Waals surface area contributed by atoms with Gasteiger partial charge in [0.1, 0.15) is 6.10 Å². The second-order valence-electron chi connectivity index (χ2n) is 4.10. The fourth-order valence-electron chi connectivity index (χ4n) is 2.33. The minimum atomic E-state index is -0.0348. The average molecular weight is 206 g/mol. The molecule has 2 atom stereocenters. The Morgan fingerprint density at radius 3 is 3.20 bits per heavy atom. The van der Waals surface area contributed by atoms with Gasteiger partial charge in [0.2, 0.25) is 0 Å². The molecule has 0 aromatic rings. The highest BCUT2D eigenvalue weighted by Crippen LogP contribution is 2.36. The summed E-state index contributed by atoms with van der Waals surface area (Å²) in [6.45, 7) is 0.688. The minimum absolute atomic E-state index is 0.0189. The largest absolute Gasteiger partial charge is 0.504 e. The van der Waals surface area contributed by atoms with Crippen LogP contribution in [-0.4, -0.2) is 23.9 Å². The topological polar surface area (TPSA) is 38.7 Å². The number of fused-ring (bicyclic) bond motifs is 2. The molecule has 0 aromatic heterocycles. The van der Waals surface area contributed by atoms with Gasteiger partial charge in [-0.05, 0) is 19.3 Å². The number of rotatable bonds is 0. The molecule has 2 aliphatic heterocycles. The number of hydrogen-bond acceptors (Lipinski definition) is 3. The van der Waals surface area contributed by atoms with E-state index in [2.05, 4.69) is 6.08 Å². The van der Waals surface area contributed by atoms with Crippen molar-refractivity contribution in [1.29, 1.82) is 0 Å². The first-order chi connectivity index (χ1) is 7.36. The van der Waals surface area contributed by atoms with Gasteiger partial charge in [-0.15, -0.1) is 0 Å². The van der Waals surface area contributed by atoms with Crippen LogP contribution in [0.5, 0.6) is 0 Å². The third kappa shape index (κ3) is 1.38. The number of hydrogen-bond donors (Lipinski definition) is 1. The van der Waals surface area contributed by atoms with Gasteiger partial charge in [-0.25, -0.2) is 0 Å². The second kappa shape index (κ2) is 3.42. The van der Waals surface area contributed by atoms with Gasteiger partial charge in [0, 0.05) is 5.57 Å². The SMILES string of the molecule is OC1=C2OCCCC2OC2CC=CC=C12. The van der Waals surface area contributed by atoms with Crippen molar-refractivity contribution < 1.29 is 14.6 Å². The monoisotopic (exact) mass is 206 g/mol. The fraction of sp³-hybridized carbons (Fsp3) is 0.500. The average Bonchev–Trinajstić information content (AvgIpc) is 2.30. The highest BCUT2D eigenvalue weighted by Gasteiger charge is 2.36. The maximum Gasteiger partial charge on any atom is 0.167 e. The summed E-state index contributed by atoms with van der Waals surface area (Å²) in [5.74, 6) is 0.944. The Labute approximate surface area is 88.7 Å². The van der Waals surface area contributed by atoms with Crippen LogP contribution in [0, 0.1) is 0 Å². The molecule has 0 spiro atoms. The maximum absolute atomic E-state index is 10.1. The van der Waals surface area contributed by atoms with Crippen molar-refractivity contribution in [3.63, 3.8) is 0 Å². The second-order valence-corrected chi connectivity index (χ2v) is 4.10. The summed E-state index contributed by atoms with van der Waals surface area (Å²) in [6, 6.07) is 0. The van der Waals surface area contributed by atoms with E-state index >= 15 is 0 Å². The van der Waals surface area contributed by atoms with Gasteiger partial charge in [-0.1, -0.05) is 18.2 Å². The Morgan fingerprint density at radius 1 is 1.33 bits per heavy atom. The molecule has 2 unspecified atom stereocenters. The Balaban J connectivity index is 2.01. The zero-order valence-electron chi connectivity index (χ0n) is 8.48. The van der Waals surface area contributed by atoms with E-state index < -0.39 is 0 Å². The van der Waals surface area contributed by atoms with Gasteiger partial charge < -0.3 is 14.6 Å². The molecule has 15 heavy (non-hydrogen) atoms. The molecule has 3 heteroatoms. The molecule has 0 amide bonds. The number of allylic oxidation sites excluding steroid dienone is 2. The van der Waals surface area contributed by atoms with Crippen LogP contribution in [0.4, 0.5) is 0 Å². The minimum Gasteiger partial charge on any atom is -0.504 e. The summed E-state index contributed by atoms with van der Waals surface area (Å²) >= 11 is 0. The van der Waals surface area contributed by atoms with Gasteiger partial charge in [-0.3, -0.25) is 0 Å². The van der Waals surface area contributed by atoms with E-state index in [9.17, 15) is 5.11 Å². The molecule has 3 aliphatic rings. The lowest BCUT2D eigenvalue weighted by Crippen LogP contribution is -2.36. The third-order valence-corrected chi connectivity index (χ3v) is 3.10. The lowest BCUT2D eigenvalue weighted by atomic mass is 9.93. The summed E-state index contributed by atoms with van der Waals surface area (Å²) in [5, 5.41) is 10.1. The molecule has 3 rings (SSSR count). The first-order valence-corrected chi connectivity index (χ1v) is 5.45. The molecule has 3 nitrogen and oxygen atoms in total. The lowest BCUT2D eigenvalue weighted by Gasteiger charge is -2.36. The summed E-state index contributed by atoms with van der Waals surface area (Å²) in [5.41, 5.74) is 0.866. The van der Waals surface area contributed by atoms with Crippen molar-refractivity contribution in [2.45, 2.75) is 31.5 Å². The zero-order valence-corrected chi connectivity index (χ0v) is 8.48. The fourth-order valence-corrected chi connectivity index (χ4v) is 2.33. The van der Waals surface area contributed by atoms with E-state index in [1.807, 2.05) is 12.2 Å². The maximum atomic E-state index is 10.1. The van der Waals surface area contributed by atoms with E-state index in [-0.39, 0.29) is 12.2 Å². The van der Waals surface area contributed by atoms with Crippen LogP contribution < -0.4 is 0 Å². The van der Waals surface area contributed by atoms with Crippen molar-refractivity contribution in [2.24, 2.45) is 0 Å². The smallest absolute Gasteiger partial charge is 0.167 e. The molecule has 1 saturated heterocycles. The Hall–Kier alpha value is -1.22. The molecule has 0 bridgehead atoms. The summed E-state index contributed by atoms with van der Waals surface area (Å²) in [6.07, 6.45) is 8.71. The van der Waals surface area contributed by atoms with Crippen LogP contribution >= 0.6 is 0 Å². The molecular weight excluding hydrogens is 192 g/mol. The zero-order chi connectivity index (χ0) is 10.3. The van der Waals surface area contributed by atoms with Crippen molar-refractivity contribution in [1.82, 2.24) is 0 Å². The summed E-state index contributed by atoms with van der Waals surface area (Å²) < 4.78 is 11.4. The molecule has 0 radical (unpaired) electrons. The number of aliphatic hydroxyl groups excluding tert-OH is 1. The lowest BCUT2D eigenvalue weighted by molar-refractivity contribution is -0.0514. The van der Waals surface area contributed by atoms with Crippen LogP contribution in [0.15, 0.2) is 35.3 Å². The third-order valence-electron chi connectivity index (χ3n) is 3.10. The van der Waals surface area contributed by atoms with Gasteiger partial charge >= 0.3 is 0 Å². The summed E-state index contributed by atoms with van der Waals surface area (Å²) in [7, 11) is 0. The predicted octanol–water partition coefficient (Wildman–Crippen LogP) is 2.22. The van der Waals surface area contributed by atoms with Crippen molar-refractivity contribution in [3.8, 4) is 0 Å². The van der Waals surface area contributed by atoms with Crippen molar-refractivity contribution in [3.05, 3.63) is 35.3 Å². The van der Waals surface area contributed by atoms with E-state index in [0.29, 0.717) is 18.1 Å². The Morgan fingerprint density at radius 2 is 2.27 bits per heavy atom. The molecule has 80 valence electrons. The molecular formula is C12H14O3. The van der Waals surface area contributed by atoms with Crippen molar-refractivity contribution in [2.75, 3.05) is 6.61 Å². The van der Waals surface area contributed by atoms with E-state index in [1.54, 1.807) is 0 Å². The van der Waals surface area contributed by atoms with Gasteiger partial charge in [0.25, 0.3) is 0 Å². The van der Waals surface area contributed by atoms with Crippen molar-refractivity contribution >= 4 is 0 Å². The molecule has 2 heterocycles. The first-order valence-electron chi connectivity index (χ1n) is 5.45.